The van der Waals surface area contributed by atoms with Gasteiger partial charge in [-0.25, -0.2) is 0 Å². The molecule has 0 radical (unpaired) electrons. The molecule has 0 spiro atoms. The first-order chi connectivity index (χ1) is 10.6. The Bertz CT molecular complexity index is 473. The van der Waals surface area contributed by atoms with Gasteiger partial charge in [-0.05, 0) is 51.2 Å². The van der Waals surface area contributed by atoms with E-state index < -0.39 is 0 Å². The van der Waals surface area contributed by atoms with Crippen molar-refractivity contribution in [1.29, 1.82) is 0 Å². The van der Waals surface area contributed by atoms with Gasteiger partial charge in [-0.1, -0.05) is 0 Å². The topological polar surface area (TPSA) is 42.0 Å². The summed E-state index contributed by atoms with van der Waals surface area (Å²) in [7, 11) is 5.78. The first-order valence-electron chi connectivity index (χ1n) is 7.81. The largest absolute Gasteiger partial charge is 0.497 e. The second kappa shape index (κ2) is 8.03. The van der Waals surface area contributed by atoms with E-state index in [1.165, 1.54) is 6.42 Å². The van der Waals surface area contributed by atoms with Crippen molar-refractivity contribution in [3.63, 3.8) is 0 Å². The van der Waals surface area contributed by atoms with Crippen molar-refractivity contribution < 1.29 is 14.3 Å². The number of hydrogen-bond acceptors (Lipinski definition) is 4. The Morgan fingerprint density at radius 2 is 1.95 bits per heavy atom. The summed E-state index contributed by atoms with van der Waals surface area (Å²) >= 11 is 0. The number of benzene rings is 1. The van der Waals surface area contributed by atoms with E-state index in [-0.39, 0.29) is 5.91 Å². The van der Waals surface area contributed by atoms with Crippen LogP contribution in [0.15, 0.2) is 24.3 Å². The lowest BCUT2D eigenvalue weighted by atomic mass is 10.0. The molecule has 1 amide bonds. The van der Waals surface area contributed by atoms with Crippen molar-refractivity contribution in [2.45, 2.75) is 25.3 Å². The maximum atomic E-state index is 12.3. The molecule has 5 nitrogen and oxygen atoms in total. The van der Waals surface area contributed by atoms with Crippen molar-refractivity contribution in [2.24, 2.45) is 0 Å². The zero-order chi connectivity index (χ0) is 15.9. The highest BCUT2D eigenvalue weighted by molar-refractivity contribution is 5.76. The minimum Gasteiger partial charge on any atom is -0.497 e. The number of nitrogens with zero attached hydrogens (tertiary/aromatic N) is 2. The van der Waals surface area contributed by atoms with E-state index in [0.717, 1.165) is 31.0 Å². The highest BCUT2D eigenvalue weighted by Gasteiger charge is 2.24. The number of methoxy groups -OCH3 is 1. The number of amides is 1. The Morgan fingerprint density at radius 1 is 1.27 bits per heavy atom. The predicted octanol–water partition coefficient (Wildman–Crippen LogP) is 2.02. The molecular formula is C17H26N2O3. The van der Waals surface area contributed by atoms with Gasteiger partial charge in [0.2, 0.25) is 5.91 Å². The molecule has 1 fully saturated rings. The predicted molar refractivity (Wildman–Crippen MR) is 86.4 cm³/mol. The first-order valence-corrected chi connectivity index (χ1v) is 7.81. The molecule has 1 unspecified atom stereocenters. The fourth-order valence-electron chi connectivity index (χ4n) is 2.69. The van der Waals surface area contributed by atoms with Crippen LogP contribution in [0.2, 0.25) is 0 Å². The Kier molecular flexibility index (Phi) is 6.07. The van der Waals surface area contributed by atoms with Crippen LogP contribution in [-0.4, -0.2) is 62.7 Å². The lowest BCUT2D eigenvalue weighted by Crippen LogP contribution is -2.47. The lowest BCUT2D eigenvalue weighted by Gasteiger charge is -2.36. The maximum absolute atomic E-state index is 12.3. The van der Waals surface area contributed by atoms with Crippen LogP contribution in [0.25, 0.3) is 0 Å². The van der Waals surface area contributed by atoms with Crippen molar-refractivity contribution >= 4 is 5.91 Å². The Morgan fingerprint density at radius 3 is 2.59 bits per heavy atom. The van der Waals surface area contributed by atoms with Gasteiger partial charge in [-0.15, -0.1) is 0 Å². The third-order valence-electron chi connectivity index (χ3n) is 4.12. The maximum Gasteiger partial charge on any atom is 0.226 e. The van der Waals surface area contributed by atoms with Gasteiger partial charge in [0, 0.05) is 19.1 Å². The molecule has 5 heteroatoms. The van der Waals surface area contributed by atoms with Gasteiger partial charge in [0.15, 0.2) is 0 Å². The molecule has 2 rings (SSSR count). The smallest absolute Gasteiger partial charge is 0.226 e. The fourth-order valence-corrected chi connectivity index (χ4v) is 2.69. The summed E-state index contributed by atoms with van der Waals surface area (Å²) < 4.78 is 10.7. The average Bonchev–Trinajstić information content (AvgIpc) is 2.55. The SMILES string of the molecule is COc1ccc(OCCC(=O)N2CCCC(N(C)C)C2)cc1. The molecule has 0 aromatic heterocycles. The van der Waals surface area contributed by atoms with Gasteiger partial charge in [0.1, 0.15) is 11.5 Å². The number of hydrogen-bond donors (Lipinski definition) is 0. The zero-order valence-electron chi connectivity index (χ0n) is 13.7. The highest BCUT2D eigenvalue weighted by Crippen LogP contribution is 2.18. The number of piperidine rings is 1. The van der Waals surface area contributed by atoms with E-state index in [1.54, 1.807) is 7.11 Å². The highest BCUT2D eigenvalue weighted by atomic mass is 16.5. The van der Waals surface area contributed by atoms with Crippen LogP contribution >= 0.6 is 0 Å². The Hall–Kier alpha value is -1.75. The number of ether oxygens (including phenoxy) is 2. The summed E-state index contributed by atoms with van der Waals surface area (Å²) in [5.74, 6) is 1.74. The molecular weight excluding hydrogens is 280 g/mol. The average molecular weight is 306 g/mol. The van der Waals surface area contributed by atoms with Crippen LogP contribution in [-0.2, 0) is 4.79 Å². The molecule has 22 heavy (non-hydrogen) atoms. The van der Waals surface area contributed by atoms with E-state index in [0.29, 0.717) is 19.1 Å². The van der Waals surface area contributed by atoms with Crippen LogP contribution in [0.5, 0.6) is 11.5 Å². The monoisotopic (exact) mass is 306 g/mol. The molecule has 0 aliphatic carbocycles. The van der Waals surface area contributed by atoms with Crippen LogP contribution in [0.4, 0.5) is 0 Å². The summed E-state index contributed by atoms with van der Waals surface area (Å²) in [4.78, 5) is 16.4. The van der Waals surface area contributed by atoms with Gasteiger partial charge < -0.3 is 19.3 Å². The standard InChI is InChI=1S/C17H26N2O3/c1-18(2)14-5-4-11-19(13-14)17(20)10-12-22-16-8-6-15(21-3)7-9-16/h6-9,14H,4-5,10-13H2,1-3H3. The van der Waals surface area contributed by atoms with Crippen molar-refractivity contribution in [3.05, 3.63) is 24.3 Å². The zero-order valence-corrected chi connectivity index (χ0v) is 13.7. The minimum absolute atomic E-state index is 0.181. The quantitative estimate of drug-likeness (QED) is 0.806. The Balaban J connectivity index is 1.75. The first kappa shape index (κ1) is 16.6. The van der Waals surface area contributed by atoms with Crippen LogP contribution in [0.3, 0.4) is 0 Å². The van der Waals surface area contributed by atoms with E-state index >= 15 is 0 Å². The van der Waals surface area contributed by atoms with E-state index in [4.69, 9.17) is 9.47 Å². The molecule has 1 saturated heterocycles. The Labute approximate surface area is 132 Å². The summed E-state index contributed by atoms with van der Waals surface area (Å²) in [6.07, 6.45) is 2.67. The molecule has 1 aromatic carbocycles. The summed E-state index contributed by atoms with van der Waals surface area (Å²) in [6, 6.07) is 7.88. The number of carbonyl (C=O) groups is 1. The van der Waals surface area contributed by atoms with Crippen molar-refractivity contribution in [3.8, 4) is 11.5 Å². The molecule has 1 aliphatic rings. The molecule has 122 valence electrons. The summed E-state index contributed by atoms with van der Waals surface area (Å²) in [6.45, 7) is 2.11. The fraction of sp³-hybridized carbons (Fsp3) is 0.588. The summed E-state index contributed by atoms with van der Waals surface area (Å²) in [5, 5.41) is 0. The van der Waals surface area contributed by atoms with Gasteiger partial charge >= 0.3 is 0 Å². The molecule has 1 atom stereocenters. The van der Waals surface area contributed by atoms with Gasteiger partial charge in [-0.2, -0.15) is 0 Å². The van der Waals surface area contributed by atoms with Gasteiger partial charge in [0.05, 0.1) is 20.1 Å². The second-order valence-electron chi connectivity index (χ2n) is 5.87. The molecule has 0 bridgehead atoms. The molecule has 1 heterocycles. The third kappa shape index (κ3) is 4.63. The van der Waals surface area contributed by atoms with E-state index in [9.17, 15) is 4.79 Å². The number of likely N-dealkylation sites (tertiary alicyclic amines) is 1. The third-order valence-corrected chi connectivity index (χ3v) is 4.12. The van der Waals surface area contributed by atoms with Gasteiger partial charge in [-0.3, -0.25) is 4.79 Å². The van der Waals surface area contributed by atoms with Crippen molar-refractivity contribution in [1.82, 2.24) is 9.80 Å². The normalized spacial score (nSPS) is 18.4. The van der Waals surface area contributed by atoms with Crippen LogP contribution in [0, 0.1) is 0 Å². The van der Waals surface area contributed by atoms with Crippen molar-refractivity contribution in [2.75, 3.05) is 40.9 Å². The molecule has 1 aromatic rings. The molecule has 0 saturated carbocycles. The van der Waals surface area contributed by atoms with E-state index in [1.807, 2.05) is 29.2 Å². The summed E-state index contributed by atoms with van der Waals surface area (Å²) in [5.41, 5.74) is 0. The van der Waals surface area contributed by atoms with Crippen LogP contribution < -0.4 is 9.47 Å². The minimum atomic E-state index is 0.181. The second-order valence-corrected chi connectivity index (χ2v) is 5.87. The number of likely N-dealkylation sites (N-methyl/N-ethyl adjacent to an activating group) is 1. The van der Waals surface area contributed by atoms with Gasteiger partial charge in [0.25, 0.3) is 0 Å². The van der Waals surface area contributed by atoms with E-state index in [2.05, 4.69) is 19.0 Å². The number of rotatable bonds is 6. The van der Waals surface area contributed by atoms with Crippen LogP contribution in [0.1, 0.15) is 19.3 Å². The number of carbonyl (C=O) groups excluding carboxylic acids is 1. The molecule has 0 N–H and O–H groups in total. The molecule has 1 aliphatic heterocycles. The lowest BCUT2D eigenvalue weighted by molar-refractivity contribution is -0.133.